The third-order valence-corrected chi connectivity index (χ3v) is 2.52. The molecule has 0 spiro atoms. The van der Waals surface area contributed by atoms with Crippen molar-refractivity contribution in [2.45, 2.75) is 45.8 Å². The quantitative estimate of drug-likeness (QED) is 0.824. The summed E-state index contributed by atoms with van der Waals surface area (Å²) in [5, 5.41) is 10.1. The highest BCUT2D eigenvalue weighted by molar-refractivity contribution is 5.32. The number of aliphatic hydroxyl groups is 1. The predicted octanol–water partition coefficient (Wildman–Crippen LogP) is 3.09. The summed E-state index contributed by atoms with van der Waals surface area (Å²) in [6.45, 7) is 7.77. The van der Waals surface area contributed by atoms with Crippen molar-refractivity contribution < 1.29 is 9.84 Å². The van der Waals surface area contributed by atoms with E-state index >= 15 is 0 Å². The molecule has 0 saturated carbocycles. The van der Waals surface area contributed by atoms with Gasteiger partial charge in [0, 0.05) is 0 Å². The van der Waals surface area contributed by atoms with Gasteiger partial charge < -0.3 is 9.84 Å². The van der Waals surface area contributed by atoms with Crippen LogP contribution in [-0.4, -0.2) is 11.2 Å². The zero-order chi connectivity index (χ0) is 11.5. The third-order valence-electron chi connectivity index (χ3n) is 2.52. The van der Waals surface area contributed by atoms with Gasteiger partial charge in [-0.3, -0.25) is 0 Å². The summed E-state index contributed by atoms with van der Waals surface area (Å²) in [5.74, 6) is 0.816. The molecule has 15 heavy (non-hydrogen) atoms. The molecule has 0 amide bonds. The molecule has 1 aromatic carbocycles. The maximum Gasteiger partial charge on any atom is 0.120 e. The van der Waals surface area contributed by atoms with Crippen LogP contribution in [0.15, 0.2) is 24.3 Å². The van der Waals surface area contributed by atoms with Crippen LogP contribution in [0.4, 0.5) is 0 Å². The maximum absolute atomic E-state index is 10.1. The van der Waals surface area contributed by atoms with Crippen LogP contribution in [0.5, 0.6) is 5.75 Å². The van der Waals surface area contributed by atoms with Crippen LogP contribution in [0.1, 0.15) is 39.7 Å². The number of ether oxygens (including phenoxy) is 1. The van der Waals surface area contributed by atoms with Crippen LogP contribution in [-0.2, 0) is 5.60 Å². The molecule has 0 bridgehead atoms. The lowest BCUT2D eigenvalue weighted by atomic mass is 9.93. The monoisotopic (exact) mass is 208 g/mol. The van der Waals surface area contributed by atoms with Gasteiger partial charge in [-0.15, -0.1) is 0 Å². The summed E-state index contributed by atoms with van der Waals surface area (Å²) in [4.78, 5) is 0. The van der Waals surface area contributed by atoms with Gasteiger partial charge in [-0.05, 0) is 44.9 Å². The second-order valence-electron chi connectivity index (χ2n) is 4.32. The van der Waals surface area contributed by atoms with Crippen LogP contribution >= 0.6 is 0 Å². The lowest BCUT2D eigenvalue weighted by molar-refractivity contribution is 0.0527. The zero-order valence-electron chi connectivity index (χ0n) is 9.95. The van der Waals surface area contributed by atoms with Gasteiger partial charge in [0.05, 0.1) is 11.7 Å². The van der Waals surface area contributed by atoms with Crippen molar-refractivity contribution in [3.63, 3.8) is 0 Å². The Balaban J connectivity index is 2.92. The van der Waals surface area contributed by atoms with Gasteiger partial charge in [0.15, 0.2) is 0 Å². The zero-order valence-corrected chi connectivity index (χ0v) is 9.95. The van der Waals surface area contributed by atoms with Crippen molar-refractivity contribution >= 4 is 0 Å². The van der Waals surface area contributed by atoms with Crippen LogP contribution in [0.2, 0.25) is 0 Å². The van der Waals surface area contributed by atoms with Crippen molar-refractivity contribution in [1.82, 2.24) is 0 Å². The van der Waals surface area contributed by atoms with E-state index in [4.69, 9.17) is 4.74 Å². The van der Waals surface area contributed by atoms with Crippen LogP contribution in [0, 0.1) is 0 Å². The Morgan fingerprint density at radius 2 is 2.07 bits per heavy atom. The summed E-state index contributed by atoms with van der Waals surface area (Å²) in [7, 11) is 0. The summed E-state index contributed by atoms with van der Waals surface area (Å²) in [6.07, 6.45) is 0.852. The lowest BCUT2D eigenvalue weighted by Crippen LogP contribution is -2.19. The number of hydrogen-bond donors (Lipinski definition) is 1. The first-order valence-corrected chi connectivity index (χ1v) is 5.45. The van der Waals surface area contributed by atoms with E-state index < -0.39 is 5.60 Å². The van der Waals surface area contributed by atoms with Crippen molar-refractivity contribution in [2.75, 3.05) is 0 Å². The second kappa shape index (κ2) is 4.67. The first-order valence-electron chi connectivity index (χ1n) is 5.45. The Labute approximate surface area is 91.9 Å². The third kappa shape index (κ3) is 3.24. The summed E-state index contributed by atoms with van der Waals surface area (Å²) in [5.41, 5.74) is 0.138. The van der Waals surface area contributed by atoms with E-state index in [1.165, 1.54) is 0 Å². The Kier molecular flexibility index (Phi) is 3.75. The molecule has 2 nitrogen and oxygen atoms in total. The first kappa shape index (κ1) is 12.1. The van der Waals surface area contributed by atoms with E-state index in [2.05, 4.69) is 0 Å². The smallest absolute Gasteiger partial charge is 0.120 e. The highest BCUT2D eigenvalue weighted by Crippen LogP contribution is 2.27. The molecule has 1 unspecified atom stereocenters. The van der Waals surface area contributed by atoms with Gasteiger partial charge in [0.2, 0.25) is 0 Å². The normalized spacial score (nSPS) is 15.1. The molecule has 84 valence electrons. The highest BCUT2D eigenvalue weighted by Gasteiger charge is 2.20. The standard InChI is InChI=1S/C13H20O2/c1-5-13(4,14)11-7-6-8-12(9-11)15-10(2)3/h6-10,14H,5H2,1-4H3. The molecule has 0 aliphatic rings. The highest BCUT2D eigenvalue weighted by atomic mass is 16.5. The minimum absolute atomic E-state index is 0.159. The average molecular weight is 208 g/mol. The molecule has 0 aliphatic heterocycles. The van der Waals surface area contributed by atoms with E-state index in [0.717, 1.165) is 11.3 Å². The fraction of sp³-hybridized carbons (Fsp3) is 0.538. The summed E-state index contributed by atoms with van der Waals surface area (Å²) in [6, 6.07) is 7.66. The first-order chi connectivity index (χ1) is 6.95. The topological polar surface area (TPSA) is 29.5 Å². The molecule has 1 N–H and O–H groups in total. The minimum atomic E-state index is -0.768. The fourth-order valence-electron chi connectivity index (χ4n) is 1.38. The molecule has 0 aliphatic carbocycles. The largest absolute Gasteiger partial charge is 0.491 e. The van der Waals surface area contributed by atoms with Gasteiger partial charge >= 0.3 is 0 Å². The number of benzene rings is 1. The fourth-order valence-corrected chi connectivity index (χ4v) is 1.38. The van der Waals surface area contributed by atoms with Crippen LogP contribution in [0.25, 0.3) is 0 Å². The molecule has 0 fully saturated rings. The molecule has 1 atom stereocenters. The van der Waals surface area contributed by atoms with Crippen molar-refractivity contribution in [2.24, 2.45) is 0 Å². The van der Waals surface area contributed by atoms with Crippen molar-refractivity contribution in [3.05, 3.63) is 29.8 Å². The van der Waals surface area contributed by atoms with Gasteiger partial charge in [-0.25, -0.2) is 0 Å². The second-order valence-corrected chi connectivity index (χ2v) is 4.32. The van der Waals surface area contributed by atoms with Crippen LogP contribution < -0.4 is 4.74 Å². The molecule has 0 heterocycles. The van der Waals surface area contributed by atoms with Gasteiger partial charge in [0.25, 0.3) is 0 Å². The SMILES string of the molecule is CCC(C)(O)c1cccc(OC(C)C)c1. The molecule has 1 rings (SSSR count). The lowest BCUT2D eigenvalue weighted by Gasteiger charge is -2.22. The molecule has 0 saturated heterocycles. The number of hydrogen-bond acceptors (Lipinski definition) is 2. The maximum atomic E-state index is 10.1. The molecular formula is C13H20O2. The molecule has 0 aromatic heterocycles. The molecule has 0 radical (unpaired) electrons. The van der Waals surface area contributed by atoms with Gasteiger partial charge in [0.1, 0.15) is 5.75 Å². The summed E-state index contributed by atoms with van der Waals surface area (Å²) < 4.78 is 5.58. The van der Waals surface area contributed by atoms with E-state index in [-0.39, 0.29) is 6.10 Å². The van der Waals surface area contributed by atoms with Gasteiger partial charge in [-0.2, -0.15) is 0 Å². The number of rotatable bonds is 4. The molecular weight excluding hydrogens is 188 g/mol. The summed E-state index contributed by atoms with van der Waals surface area (Å²) >= 11 is 0. The Bertz CT molecular complexity index is 316. The van der Waals surface area contributed by atoms with Crippen molar-refractivity contribution in [3.8, 4) is 5.75 Å². The Morgan fingerprint density at radius 3 is 2.60 bits per heavy atom. The predicted molar refractivity (Wildman–Crippen MR) is 62.1 cm³/mol. The Morgan fingerprint density at radius 1 is 1.40 bits per heavy atom. The molecule has 2 heteroatoms. The minimum Gasteiger partial charge on any atom is -0.491 e. The van der Waals surface area contributed by atoms with E-state index in [0.29, 0.717) is 6.42 Å². The van der Waals surface area contributed by atoms with Crippen molar-refractivity contribution in [1.29, 1.82) is 0 Å². The van der Waals surface area contributed by atoms with Crippen LogP contribution in [0.3, 0.4) is 0 Å². The van der Waals surface area contributed by atoms with Gasteiger partial charge in [-0.1, -0.05) is 19.1 Å². The molecule has 1 aromatic rings. The average Bonchev–Trinajstić information content (AvgIpc) is 2.17. The van der Waals surface area contributed by atoms with E-state index in [9.17, 15) is 5.11 Å². The van der Waals surface area contributed by atoms with E-state index in [1.807, 2.05) is 52.0 Å². The van der Waals surface area contributed by atoms with E-state index in [1.54, 1.807) is 0 Å². The Hall–Kier alpha value is -1.02.